The van der Waals surface area contributed by atoms with Crippen LogP contribution >= 0.6 is 0 Å². The third-order valence-electron chi connectivity index (χ3n) is 13.1. The normalized spacial score (nSPS) is 35.8. The van der Waals surface area contributed by atoms with Crippen molar-refractivity contribution in [1.82, 2.24) is 19.7 Å². The lowest BCUT2D eigenvalue weighted by molar-refractivity contribution is -0.296. The maximum absolute atomic E-state index is 14.9. The number of hydrogen-bond acceptors (Lipinski definition) is 13. The molecule has 1 N–H and O–H groups in total. The lowest BCUT2D eigenvalue weighted by Crippen LogP contribution is -2.60. The van der Waals surface area contributed by atoms with Crippen LogP contribution in [0.1, 0.15) is 86.6 Å². The molecule has 61 heavy (non-hydrogen) atoms. The Hall–Kier alpha value is -3.79. The minimum Gasteiger partial charge on any atom is -0.458 e. The van der Waals surface area contributed by atoms with Crippen molar-refractivity contribution in [2.24, 2.45) is 23.7 Å². The van der Waals surface area contributed by atoms with Gasteiger partial charge < -0.3 is 43.5 Å². The summed E-state index contributed by atoms with van der Waals surface area (Å²) in [6.45, 7) is 15.2. The minimum absolute atomic E-state index is 0.0594. The second-order valence-corrected chi connectivity index (χ2v) is 18.5. The van der Waals surface area contributed by atoms with Crippen molar-refractivity contribution in [3.63, 3.8) is 0 Å². The van der Waals surface area contributed by atoms with Crippen LogP contribution in [0.3, 0.4) is 0 Å². The highest BCUT2D eigenvalue weighted by Crippen LogP contribution is 2.43. The summed E-state index contributed by atoms with van der Waals surface area (Å²) in [5, 5.41) is 12.7. The molecule has 3 aliphatic heterocycles. The molecule has 0 radical (unpaired) electrons. The van der Waals surface area contributed by atoms with Crippen molar-refractivity contribution < 1.29 is 48.0 Å². The van der Waals surface area contributed by atoms with Crippen LogP contribution in [0.15, 0.2) is 42.6 Å². The van der Waals surface area contributed by atoms with Crippen LogP contribution in [0.4, 0.5) is 4.79 Å². The third-order valence-corrected chi connectivity index (χ3v) is 13.1. The number of carbonyl (C=O) groups is 4. The molecule has 4 heterocycles. The van der Waals surface area contributed by atoms with E-state index in [0.717, 1.165) is 16.5 Å². The maximum Gasteiger partial charge on any atom is 0.410 e. The first-order chi connectivity index (χ1) is 28.7. The number of cyclic esters (lactones) is 1. The molecule has 14 nitrogen and oxygen atoms in total. The SMILES string of the molecule is CC[C@H]1OC(=O)[C@H](C)C(=O)[C@H](C)[C@@H](O[C@@H]2O[C@H](C)C[C@H](N(C)C)[C@H]2O)[C@](C)(OC/C=C/c2cnc3ccccc3c2)C[C@@H](C)C(=O)[C@H](C)[C@H]2N(CCCN(C)C)C(=O)O[C@]12C. The van der Waals surface area contributed by atoms with E-state index in [-0.39, 0.29) is 37.4 Å². The number of nitrogens with zero attached hydrogens (tertiary/aromatic N) is 4. The molecule has 1 aromatic heterocycles. The van der Waals surface area contributed by atoms with Crippen molar-refractivity contribution in [2.45, 2.75) is 135 Å². The molecule has 3 aliphatic rings. The molecule has 13 atom stereocenters. The topological polar surface area (TPSA) is 157 Å². The lowest BCUT2D eigenvalue weighted by atomic mass is 9.73. The van der Waals surface area contributed by atoms with E-state index in [1.807, 2.05) is 108 Å². The number of esters is 1. The molecule has 0 spiro atoms. The Morgan fingerprint density at radius 3 is 2.38 bits per heavy atom. The van der Waals surface area contributed by atoms with Crippen molar-refractivity contribution in [1.29, 1.82) is 0 Å². The highest BCUT2D eigenvalue weighted by molar-refractivity contribution is 6.00. The molecule has 1 aromatic carbocycles. The van der Waals surface area contributed by atoms with Gasteiger partial charge in [-0.15, -0.1) is 0 Å². The molecule has 3 saturated heterocycles. The number of aromatic nitrogens is 1. The Morgan fingerprint density at radius 2 is 1.70 bits per heavy atom. The summed E-state index contributed by atoms with van der Waals surface area (Å²) in [6.07, 6.45) is 1.88. The van der Waals surface area contributed by atoms with Crippen molar-refractivity contribution in [2.75, 3.05) is 47.9 Å². The van der Waals surface area contributed by atoms with Crippen LogP contribution in [0.5, 0.6) is 0 Å². The van der Waals surface area contributed by atoms with Crippen molar-refractivity contribution in [3.8, 4) is 0 Å². The van der Waals surface area contributed by atoms with Gasteiger partial charge in [0.15, 0.2) is 17.7 Å². The lowest BCUT2D eigenvalue weighted by Gasteiger charge is -2.47. The summed E-state index contributed by atoms with van der Waals surface area (Å²) in [5.41, 5.74) is -1.03. The molecule has 2 aromatic rings. The number of benzene rings is 1. The number of Topliss-reactive ketones (excluding diaryl/α,β-unsaturated/α-hetero) is 2. The van der Waals surface area contributed by atoms with E-state index >= 15 is 0 Å². The zero-order chi connectivity index (χ0) is 45.0. The molecule has 3 fully saturated rings. The van der Waals surface area contributed by atoms with Crippen molar-refractivity contribution in [3.05, 3.63) is 48.2 Å². The van der Waals surface area contributed by atoms with Crippen LogP contribution in [0, 0.1) is 23.7 Å². The van der Waals surface area contributed by atoms with E-state index in [9.17, 15) is 24.3 Å². The van der Waals surface area contributed by atoms with Crippen molar-refractivity contribution >= 4 is 40.6 Å². The van der Waals surface area contributed by atoms with E-state index in [2.05, 4.69) is 4.98 Å². The predicted octanol–water partition coefficient (Wildman–Crippen LogP) is 5.77. The Balaban J connectivity index is 1.58. The van der Waals surface area contributed by atoms with Gasteiger partial charge in [-0.05, 0) is 106 Å². The molecule has 338 valence electrons. The summed E-state index contributed by atoms with van der Waals surface area (Å²) >= 11 is 0. The van der Waals surface area contributed by atoms with Gasteiger partial charge in [0.25, 0.3) is 0 Å². The number of para-hydroxylation sites is 1. The molecule has 0 unspecified atom stereocenters. The fourth-order valence-corrected chi connectivity index (χ4v) is 9.81. The van der Waals surface area contributed by atoms with E-state index < -0.39 is 83.4 Å². The number of ether oxygens (including phenoxy) is 5. The Morgan fingerprint density at radius 1 is 1.00 bits per heavy atom. The number of pyridine rings is 1. The van der Waals surface area contributed by atoms with Gasteiger partial charge in [-0.2, -0.15) is 0 Å². The molecule has 5 rings (SSSR count). The number of aliphatic hydroxyl groups is 1. The van der Waals surface area contributed by atoms with Gasteiger partial charge in [-0.25, -0.2) is 4.79 Å². The van der Waals surface area contributed by atoms with E-state index in [0.29, 0.717) is 25.9 Å². The number of carbonyl (C=O) groups excluding carboxylic acids is 4. The first-order valence-corrected chi connectivity index (χ1v) is 21.9. The second-order valence-electron chi connectivity index (χ2n) is 18.5. The van der Waals surface area contributed by atoms with E-state index in [4.69, 9.17) is 23.7 Å². The summed E-state index contributed by atoms with van der Waals surface area (Å²) in [4.78, 5) is 67.6. The fourth-order valence-electron chi connectivity index (χ4n) is 9.81. The van der Waals surface area contributed by atoms with Crippen LogP contribution in [-0.4, -0.2) is 150 Å². The van der Waals surface area contributed by atoms with Crippen LogP contribution in [0.2, 0.25) is 0 Å². The zero-order valence-electron chi connectivity index (χ0n) is 38.3. The Labute approximate surface area is 362 Å². The van der Waals surface area contributed by atoms with Crippen LogP contribution in [-0.2, 0) is 38.1 Å². The molecular formula is C47H70N4O10. The van der Waals surface area contributed by atoms with Gasteiger partial charge in [-0.1, -0.05) is 58.0 Å². The number of hydrogen-bond donors (Lipinski definition) is 1. The Bertz CT molecular complexity index is 1890. The number of amides is 1. The molecule has 0 bridgehead atoms. The van der Waals surface area contributed by atoms with Gasteiger partial charge in [0, 0.05) is 41.9 Å². The predicted molar refractivity (Wildman–Crippen MR) is 232 cm³/mol. The van der Waals surface area contributed by atoms with Crippen LogP contribution < -0.4 is 0 Å². The number of fused-ring (bicyclic) bond motifs is 2. The maximum atomic E-state index is 14.9. The van der Waals surface area contributed by atoms with Gasteiger partial charge in [0.05, 0.1) is 36.0 Å². The first-order valence-electron chi connectivity index (χ1n) is 21.9. The number of aliphatic hydroxyl groups excluding tert-OH is 1. The number of rotatable bonds is 12. The largest absolute Gasteiger partial charge is 0.458 e. The second kappa shape index (κ2) is 20.2. The standard InChI is InChI=1S/C47H70N4O10/c1-13-37-47(8)41(51(45(56)61-47)22-17-21-49(9)10)30(4)38(52)28(2)26-46(7,57-23-16-18-33-25-34-19-14-15-20-35(34)48-27-33)42(31(5)39(53)32(6)43(55)59-37)60-44-40(54)36(50(11)12)24-29(3)58-44/h14-16,18-20,25,27-32,36-37,40-42,44,54H,13,17,21-24,26H2,1-12H3/b18-16+/t28-,29-,30+,31+,32-,36+,37-,40-,41-,42-,44+,46-,47-/m1/s1. The number of ketones is 2. The fraction of sp³-hybridized carbons (Fsp3) is 0.681. The summed E-state index contributed by atoms with van der Waals surface area (Å²) in [7, 11) is 7.66. The van der Waals surface area contributed by atoms with Crippen LogP contribution in [0.25, 0.3) is 17.0 Å². The molecule has 14 heteroatoms. The zero-order valence-corrected chi connectivity index (χ0v) is 38.3. The average molecular weight is 851 g/mol. The third kappa shape index (κ3) is 10.7. The smallest absolute Gasteiger partial charge is 0.410 e. The van der Waals surface area contributed by atoms with E-state index in [1.54, 1.807) is 31.9 Å². The molecular weight excluding hydrogens is 781 g/mol. The molecule has 0 saturated carbocycles. The highest BCUT2D eigenvalue weighted by atomic mass is 16.7. The summed E-state index contributed by atoms with van der Waals surface area (Å²) < 4.78 is 32.2. The first kappa shape index (κ1) is 48.2. The van der Waals surface area contributed by atoms with Gasteiger partial charge in [-0.3, -0.25) is 19.4 Å². The Kier molecular flexibility index (Phi) is 15.9. The molecule has 1 amide bonds. The number of likely N-dealkylation sites (N-methyl/N-ethyl adjacent to an activating group) is 1. The minimum atomic E-state index is -1.39. The van der Waals surface area contributed by atoms with E-state index in [1.165, 1.54) is 6.92 Å². The summed E-state index contributed by atoms with van der Waals surface area (Å²) in [6, 6.07) is 8.78. The van der Waals surface area contributed by atoms with Gasteiger partial charge in [0.2, 0.25) is 0 Å². The van der Waals surface area contributed by atoms with Gasteiger partial charge >= 0.3 is 12.1 Å². The average Bonchev–Trinajstić information content (AvgIpc) is 3.47. The monoisotopic (exact) mass is 851 g/mol. The summed E-state index contributed by atoms with van der Waals surface area (Å²) in [5.74, 6) is -5.10. The molecule has 0 aliphatic carbocycles. The quantitative estimate of drug-likeness (QED) is 0.203. The highest BCUT2D eigenvalue weighted by Gasteiger charge is 2.60. The van der Waals surface area contributed by atoms with Gasteiger partial charge in [0.1, 0.15) is 23.9 Å².